The zero-order chi connectivity index (χ0) is 14.5. The standard InChI is InChI=1S/C14H12N4O2/c1-10(18-8-2-7-16-14(18)20)13(19)17-12-5-3-11(9-15)4-6-12/h2-8,10H,1H3,(H,17,19). The topological polar surface area (TPSA) is 87.8 Å². The SMILES string of the molecule is CC(C(=O)Nc1ccc(C#N)cc1)n1cccnc1=O. The second-order valence-corrected chi connectivity index (χ2v) is 4.16. The minimum Gasteiger partial charge on any atom is -0.324 e. The van der Waals surface area contributed by atoms with Crippen molar-refractivity contribution in [2.45, 2.75) is 13.0 Å². The monoisotopic (exact) mass is 268 g/mol. The minimum atomic E-state index is -0.674. The van der Waals surface area contributed by atoms with E-state index in [0.29, 0.717) is 11.3 Å². The molecule has 0 aliphatic heterocycles. The number of rotatable bonds is 3. The molecule has 0 bridgehead atoms. The number of carbonyl (C=O) groups is 1. The minimum absolute atomic E-state index is 0.329. The second kappa shape index (κ2) is 5.80. The highest BCUT2D eigenvalue weighted by atomic mass is 16.2. The molecule has 1 amide bonds. The molecule has 2 aromatic rings. The summed E-state index contributed by atoms with van der Waals surface area (Å²) in [6.07, 6.45) is 2.89. The molecule has 1 N–H and O–H groups in total. The van der Waals surface area contributed by atoms with Crippen LogP contribution in [0.4, 0.5) is 5.69 Å². The number of carbonyl (C=O) groups excluding carboxylic acids is 1. The van der Waals surface area contributed by atoms with Crippen molar-refractivity contribution in [3.63, 3.8) is 0 Å². The predicted molar refractivity (Wildman–Crippen MR) is 73.0 cm³/mol. The molecular formula is C14H12N4O2. The summed E-state index contributed by atoms with van der Waals surface area (Å²) in [5.41, 5.74) is 0.604. The van der Waals surface area contributed by atoms with Crippen LogP contribution in [0.3, 0.4) is 0 Å². The molecule has 0 aliphatic carbocycles. The Labute approximate surface area is 115 Å². The van der Waals surface area contributed by atoms with Gasteiger partial charge >= 0.3 is 5.69 Å². The van der Waals surface area contributed by atoms with Crippen molar-refractivity contribution in [1.82, 2.24) is 9.55 Å². The van der Waals surface area contributed by atoms with E-state index < -0.39 is 11.7 Å². The number of nitrogens with one attached hydrogen (secondary N) is 1. The van der Waals surface area contributed by atoms with Gasteiger partial charge in [0.25, 0.3) is 0 Å². The van der Waals surface area contributed by atoms with Gasteiger partial charge in [0.2, 0.25) is 5.91 Å². The van der Waals surface area contributed by atoms with Crippen LogP contribution in [0.1, 0.15) is 18.5 Å². The number of anilines is 1. The fourth-order valence-electron chi connectivity index (χ4n) is 1.66. The van der Waals surface area contributed by atoms with Gasteiger partial charge in [-0.2, -0.15) is 5.26 Å². The highest BCUT2D eigenvalue weighted by Gasteiger charge is 2.16. The molecular weight excluding hydrogens is 256 g/mol. The fraction of sp³-hybridized carbons (Fsp3) is 0.143. The van der Waals surface area contributed by atoms with Crippen LogP contribution in [-0.4, -0.2) is 15.5 Å². The number of aromatic nitrogens is 2. The molecule has 0 saturated carbocycles. The first kappa shape index (κ1) is 13.5. The van der Waals surface area contributed by atoms with Gasteiger partial charge < -0.3 is 5.32 Å². The smallest absolute Gasteiger partial charge is 0.324 e. The van der Waals surface area contributed by atoms with E-state index in [4.69, 9.17) is 5.26 Å². The lowest BCUT2D eigenvalue weighted by Gasteiger charge is -2.14. The Morgan fingerprint density at radius 3 is 2.70 bits per heavy atom. The summed E-state index contributed by atoms with van der Waals surface area (Å²) in [5.74, 6) is -0.329. The molecule has 20 heavy (non-hydrogen) atoms. The molecule has 0 spiro atoms. The van der Waals surface area contributed by atoms with Gasteiger partial charge in [-0.3, -0.25) is 9.36 Å². The zero-order valence-electron chi connectivity index (χ0n) is 10.8. The molecule has 100 valence electrons. The van der Waals surface area contributed by atoms with E-state index in [1.54, 1.807) is 37.3 Å². The maximum Gasteiger partial charge on any atom is 0.348 e. The van der Waals surface area contributed by atoms with E-state index in [1.165, 1.54) is 17.0 Å². The van der Waals surface area contributed by atoms with Gasteiger partial charge in [0.15, 0.2) is 0 Å². The van der Waals surface area contributed by atoms with Crippen LogP contribution in [0.2, 0.25) is 0 Å². The maximum absolute atomic E-state index is 12.1. The first-order valence-corrected chi connectivity index (χ1v) is 5.96. The van der Waals surface area contributed by atoms with Crippen LogP contribution in [0.5, 0.6) is 0 Å². The summed E-state index contributed by atoms with van der Waals surface area (Å²) in [4.78, 5) is 27.2. The number of hydrogen-bond donors (Lipinski definition) is 1. The largest absolute Gasteiger partial charge is 0.348 e. The third-order valence-corrected chi connectivity index (χ3v) is 2.82. The number of hydrogen-bond acceptors (Lipinski definition) is 4. The molecule has 1 heterocycles. The Morgan fingerprint density at radius 1 is 1.40 bits per heavy atom. The Kier molecular flexibility index (Phi) is 3.91. The van der Waals surface area contributed by atoms with E-state index in [-0.39, 0.29) is 5.91 Å². The van der Waals surface area contributed by atoms with Crippen LogP contribution < -0.4 is 11.0 Å². The second-order valence-electron chi connectivity index (χ2n) is 4.16. The average Bonchev–Trinajstić information content (AvgIpc) is 2.48. The van der Waals surface area contributed by atoms with Gasteiger partial charge in [-0.05, 0) is 37.3 Å². The van der Waals surface area contributed by atoms with Crippen LogP contribution >= 0.6 is 0 Å². The molecule has 1 aromatic heterocycles. The molecule has 1 atom stereocenters. The van der Waals surface area contributed by atoms with Crippen molar-refractivity contribution in [3.8, 4) is 6.07 Å². The summed E-state index contributed by atoms with van der Waals surface area (Å²) in [6.45, 7) is 1.61. The van der Waals surface area contributed by atoms with Crippen molar-refractivity contribution >= 4 is 11.6 Å². The molecule has 0 aliphatic rings. The van der Waals surface area contributed by atoms with Crippen molar-refractivity contribution in [2.24, 2.45) is 0 Å². The van der Waals surface area contributed by atoms with Crippen molar-refractivity contribution in [1.29, 1.82) is 5.26 Å². The first-order valence-electron chi connectivity index (χ1n) is 5.96. The number of nitriles is 1. The van der Waals surface area contributed by atoms with E-state index in [1.807, 2.05) is 6.07 Å². The van der Waals surface area contributed by atoms with Gasteiger partial charge in [0.1, 0.15) is 6.04 Å². The molecule has 0 fully saturated rings. The summed E-state index contributed by atoms with van der Waals surface area (Å²) in [5, 5.41) is 11.4. The van der Waals surface area contributed by atoms with Crippen LogP contribution in [-0.2, 0) is 4.79 Å². The van der Waals surface area contributed by atoms with E-state index in [9.17, 15) is 9.59 Å². The van der Waals surface area contributed by atoms with Gasteiger partial charge in [-0.15, -0.1) is 0 Å². The van der Waals surface area contributed by atoms with Crippen molar-refractivity contribution in [3.05, 3.63) is 58.8 Å². The Balaban J connectivity index is 2.14. The summed E-state index contributed by atoms with van der Waals surface area (Å²) < 4.78 is 1.25. The van der Waals surface area contributed by atoms with Crippen LogP contribution in [0.15, 0.2) is 47.5 Å². The van der Waals surface area contributed by atoms with E-state index >= 15 is 0 Å². The highest BCUT2D eigenvalue weighted by molar-refractivity contribution is 5.93. The van der Waals surface area contributed by atoms with Crippen LogP contribution in [0, 0.1) is 11.3 Å². The number of nitrogens with zero attached hydrogens (tertiary/aromatic N) is 3. The van der Waals surface area contributed by atoms with Gasteiger partial charge in [-0.25, -0.2) is 9.78 Å². The number of amides is 1. The van der Waals surface area contributed by atoms with E-state index in [0.717, 1.165) is 0 Å². The molecule has 0 saturated heterocycles. The normalized spacial score (nSPS) is 11.4. The molecule has 2 rings (SSSR count). The van der Waals surface area contributed by atoms with Gasteiger partial charge in [-0.1, -0.05) is 0 Å². The van der Waals surface area contributed by atoms with Gasteiger partial charge in [0.05, 0.1) is 11.6 Å². The lowest BCUT2D eigenvalue weighted by molar-refractivity contribution is -0.118. The summed E-state index contributed by atoms with van der Waals surface area (Å²) >= 11 is 0. The quantitative estimate of drug-likeness (QED) is 0.909. The van der Waals surface area contributed by atoms with E-state index in [2.05, 4.69) is 10.3 Å². The first-order chi connectivity index (χ1) is 9.61. The molecule has 6 nitrogen and oxygen atoms in total. The average molecular weight is 268 g/mol. The summed E-state index contributed by atoms with van der Waals surface area (Å²) in [6, 6.07) is 9.40. The Hall–Kier alpha value is -2.94. The number of benzene rings is 1. The lowest BCUT2D eigenvalue weighted by Crippen LogP contribution is -2.32. The maximum atomic E-state index is 12.1. The fourth-order valence-corrected chi connectivity index (χ4v) is 1.66. The zero-order valence-corrected chi connectivity index (χ0v) is 10.8. The third kappa shape index (κ3) is 2.90. The Bertz CT molecular complexity index is 713. The molecule has 1 aromatic carbocycles. The molecule has 6 heteroatoms. The van der Waals surface area contributed by atoms with Crippen LogP contribution in [0.25, 0.3) is 0 Å². The van der Waals surface area contributed by atoms with Gasteiger partial charge in [0, 0.05) is 18.1 Å². The molecule has 0 radical (unpaired) electrons. The Morgan fingerprint density at radius 2 is 2.10 bits per heavy atom. The lowest BCUT2D eigenvalue weighted by atomic mass is 10.2. The highest BCUT2D eigenvalue weighted by Crippen LogP contribution is 2.11. The van der Waals surface area contributed by atoms with Crippen molar-refractivity contribution < 1.29 is 4.79 Å². The predicted octanol–water partition coefficient (Wildman–Crippen LogP) is 1.31. The third-order valence-electron chi connectivity index (χ3n) is 2.82. The molecule has 1 unspecified atom stereocenters. The summed E-state index contributed by atoms with van der Waals surface area (Å²) in [7, 11) is 0. The van der Waals surface area contributed by atoms with Crippen molar-refractivity contribution in [2.75, 3.05) is 5.32 Å².